The van der Waals surface area contributed by atoms with Crippen LogP contribution in [-0.2, 0) is 4.74 Å². The van der Waals surface area contributed by atoms with Crippen LogP contribution in [0.15, 0.2) is 23.1 Å². The Morgan fingerprint density at radius 3 is 2.71 bits per heavy atom. The van der Waals surface area contributed by atoms with E-state index in [1.807, 2.05) is 11.0 Å². The number of amides is 2. The van der Waals surface area contributed by atoms with Crippen molar-refractivity contribution in [1.82, 2.24) is 10.2 Å². The number of carbonyl (C=O) groups is 1. The zero-order chi connectivity index (χ0) is 16.3. The third kappa shape index (κ3) is 2.26. The van der Waals surface area contributed by atoms with Crippen molar-refractivity contribution < 1.29 is 13.9 Å². The molecule has 1 aromatic rings. The molecule has 2 bridgehead atoms. The van der Waals surface area contributed by atoms with Crippen molar-refractivity contribution in [2.24, 2.45) is 11.8 Å². The second-order valence-electron chi connectivity index (χ2n) is 7.32. The molecule has 5 rings (SSSR count). The summed E-state index contributed by atoms with van der Waals surface area (Å²) in [5.74, 6) is 1.69. The van der Waals surface area contributed by atoms with Gasteiger partial charge in [0.05, 0.1) is 18.2 Å². The molecule has 2 amide bonds. The predicted molar refractivity (Wildman–Crippen MR) is 89.5 cm³/mol. The number of hydrogen-bond acceptors (Lipinski definition) is 3. The zero-order valence-electron chi connectivity index (χ0n) is 13.4. The quantitative estimate of drug-likeness (QED) is 0.847. The summed E-state index contributed by atoms with van der Waals surface area (Å²) in [4.78, 5) is 15.4. The summed E-state index contributed by atoms with van der Waals surface area (Å²) in [6.07, 6.45) is 3.86. The lowest BCUT2D eigenvalue weighted by atomic mass is 9.82. The van der Waals surface area contributed by atoms with Crippen LogP contribution >= 0.6 is 11.8 Å². The summed E-state index contributed by atoms with van der Waals surface area (Å²) >= 11 is 1.54. The number of nitrogens with one attached hydrogen (secondary N) is 1. The van der Waals surface area contributed by atoms with Crippen molar-refractivity contribution in [2.75, 3.05) is 18.8 Å². The molecule has 128 valence electrons. The summed E-state index contributed by atoms with van der Waals surface area (Å²) in [7, 11) is 0. The monoisotopic (exact) mass is 348 g/mol. The predicted octanol–water partition coefficient (Wildman–Crippen LogP) is 3.18. The first-order chi connectivity index (χ1) is 11.7. The van der Waals surface area contributed by atoms with E-state index in [0.717, 1.165) is 43.7 Å². The lowest BCUT2D eigenvalue weighted by molar-refractivity contribution is 0.0737. The molecule has 0 spiro atoms. The van der Waals surface area contributed by atoms with Crippen molar-refractivity contribution >= 4 is 17.8 Å². The zero-order valence-corrected chi connectivity index (χ0v) is 14.2. The van der Waals surface area contributed by atoms with E-state index in [1.54, 1.807) is 17.8 Å². The molecule has 0 unspecified atom stereocenters. The van der Waals surface area contributed by atoms with Gasteiger partial charge in [0.15, 0.2) is 0 Å². The Bertz CT molecular complexity index is 667. The molecular weight excluding hydrogens is 327 g/mol. The lowest BCUT2D eigenvalue weighted by Gasteiger charge is -2.28. The molecule has 6 heteroatoms. The van der Waals surface area contributed by atoms with Gasteiger partial charge in [0, 0.05) is 35.6 Å². The van der Waals surface area contributed by atoms with Gasteiger partial charge in [0.2, 0.25) is 0 Å². The highest BCUT2D eigenvalue weighted by molar-refractivity contribution is 7.99. The molecule has 0 saturated carbocycles. The third-order valence-electron chi connectivity index (χ3n) is 6.06. The van der Waals surface area contributed by atoms with Crippen LogP contribution in [0.2, 0.25) is 0 Å². The average molecular weight is 348 g/mol. The molecule has 24 heavy (non-hydrogen) atoms. The molecule has 4 aliphatic heterocycles. The van der Waals surface area contributed by atoms with Crippen molar-refractivity contribution in [3.63, 3.8) is 0 Å². The van der Waals surface area contributed by atoms with Gasteiger partial charge in [-0.1, -0.05) is 12.1 Å². The first-order valence-corrected chi connectivity index (χ1v) is 9.81. The van der Waals surface area contributed by atoms with Crippen LogP contribution in [0.5, 0.6) is 0 Å². The maximum absolute atomic E-state index is 14.0. The van der Waals surface area contributed by atoms with E-state index in [2.05, 4.69) is 5.32 Å². The molecular formula is C18H21FN2O2S. The molecule has 1 N–H and O–H groups in total. The normalized spacial score (nSPS) is 36.5. The number of halogens is 1. The molecule has 4 aliphatic rings. The van der Waals surface area contributed by atoms with Crippen molar-refractivity contribution in [3.05, 3.63) is 29.6 Å². The minimum atomic E-state index is -0.180. The average Bonchev–Trinajstić information content (AvgIpc) is 3.29. The van der Waals surface area contributed by atoms with Gasteiger partial charge in [-0.3, -0.25) is 0 Å². The number of benzene rings is 1. The van der Waals surface area contributed by atoms with Crippen LogP contribution in [0.1, 0.15) is 30.9 Å². The number of likely N-dealkylation sites (tertiary alicyclic amines) is 1. The number of carbonyl (C=O) groups excluding carboxylic acids is 1. The van der Waals surface area contributed by atoms with Gasteiger partial charge in [-0.25, -0.2) is 9.18 Å². The van der Waals surface area contributed by atoms with Gasteiger partial charge in [-0.05, 0) is 30.9 Å². The Morgan fingerprint density at radius 2 is 1.96 bits per heavy atom. The molecule has 0 radical (unpaired) electrons. The maximum Gasteiger partial charge on any atom is 0.317 e. The highest BCUT2D eigenvalue weighted by Gasteiger charge is 2.53. The van der Waals surface area contributed by atoms with Crippen molar-refractivity contribution in [2.45, 2.75) is 42.4 Å². The SMILES string of the molecule is O=C(N[C@H]1CCSc2c(F)cccc21)N1C[C@@H]2[C@H](C1)[C@H]1CC[C@H]2O1. The summed E-state index contributed by atoms with van der Waals surface area (Å²) in [5.41, 5.74) is 0.919. The van der Waals surface area contributed by atoms with Gasteiger partial charge < -0.3 is 15.0 Å². The Hall–Kier alpha value is -1.27. The second kappa shape index (κ2) is 5.63. The van der Waals surface area contributed by atoms with Crippen molar-refractivity contribution in [1.29, 1.82) is 0 Å². The summed E-state index contributed by atoms with van der Waals surface area (Å²) in [5, 5.41) is 3.15. The summed E-state index contributed by atoms with van der Waals surface area (Å²) < 4.78 is 19.9. The molecule has 5 atom stereocenters. The summed E-state index contributed by atoms with van der Waals surface area (Å²) in [6, 6.07) is 5.07. The standard InChI is InChI=1S/C18H21FN2O2S/c19-13-3-1-2-10-14(6-7-24-17(10)13)20-18(22)21-8-11-12(9-21)16-5-4-15(11)23-16/h1-3,11-12,14-16H,4-9H2,(H,20,22)/t11-,12+,14-,15+,16+/m0/s1. The van der Waals surface area contributed by atoms with Crippen LogP contribution in [0.4, 0.5) is 9.18 Å². The fourth-order valence-corrected chi connectivity index (χ4v) is 6.04. The number of fused-ring (bicyclic) bond motifs is 6. The Balaban J connectivity index is 1.30. The maximum atomic E-state index is 14.0. The van der Waals surface area contributed by atoms with Gasteiger partial charge in [0.25, 0.3) is 0 Å². The minimum absolute atomic E-state index is 0.00379. The molecule has 1 aromatic carbocycles. The number of thioether (sulfide) groups is 1. The van der Waals surface area contributed by atoms with E-state index in [1.165, 1.54) is 6.07 Å². The third-order valence-corrected chi connectivity index (χ3v) is 7.22. The first-order valence-electron chi connectivity index (χ1n) is 8.83. The largest absolute Gasteiger partial charge is 0.374 e. The van der Waals surface area contributed by atoms with Crippen LogP contribution < -0.4 is 5.32 Å². The molecule has 0 aliphatic carbocycles. The fourth-order valence-electron chi connectivity index (χ4n) is 4.90. The van der Waals surface area contributed by atoms with Crippen LogP contribution in [-0.4, -0.2) is 42.0 Å². The van der Waals surface area contributed by atoms with Gasteiger partial charge in [0.1, 0.15) is 5.82 Å². The first kappa shape index (κ1) is 15.0. The van der Waals surface area contributed by atoms with Gasteiger partial charge >= 0.3 is 6.03 Å². The number of urea groups is 1. The van der Waals surface area contributed by atoms with Gasteiger partial charge in [-0.15, -0.1) is 11.8 Å². The van der Waals surface area contributed by atoms with Crippen molar-refractivity contribution in [3.8, 4) is 0 Å². The molecule has 4 nitrogen and oxygen atoms in total. The molecule has 0 aromatic heterocycles. The van der Waals surface area contributed by atoms with E-state index in [9.17, 15) is 9.18 Å². The summed E-state index contributed by atoms with van der Waals surface area (Å²) in [6.45, 7) is 1.60. The number of hydrogen-bond donors (Lipinski definition) is 1. The van der Waals surface area contributed by atoms with Crippen LogP contribution in [0, 0.1) is 17.7 Å². The van der Waals surface area contributed by atoms with E-state index < -0.39 is 0 Å². The highest BCUT2D eigenvalue weighted by atomic mass is 32.2. The minimum Gasteiger partial charge on any atom is -0.374 e. The van der Waals surface area contributed by atoms with Gasteiger partial charge in [-0.2, -0.15) is 0 Å². The smallest absolute Gasteiger partial charge is 0.317 e. The lowest BCUT2D eigenvalue weighted by Crippen LogP contribution is -2.42. The number of rotatable bonds is 1. The van der Waals surface area contributed by atoms with E-state index in [0.29, 0.717) is 28.9 Å². The Kier molecular flexibility index (Phi) is 3.52. The topological polar surface area (TPSA) is 41.6 Å². The molecule has 3 fully saturated rings. The number of ether oxygens (including phenoxy) is 1. The molecule has 4 heterocycles. The number of nitrogens with zero attached hydrogens (tertiary/aromatic N) is 1. The second-order valence-corrected chi connectivity index (χ2v) is 8.43. The van der Waals surface area contributed by atoms with E-state index in [4.69, 9.17) is 4.74 Å². The van der Waals surface area contributed by atoms with Crippen LogP contribution in [0.3, 0.4) is 0 Å². The highest BCUT2D eigenvalue weighted by Crippen LogP contribution is 2.47. The van der Waals surface area contributed by atoms with Crippen LogP contribution in [0.25, 0.3) is 0 Å². The Morgan fingerprint density at radius 1 is 1.21 bits per heavy atom. The molecule has 3 saturated heterocycles. The van der Waals surface area contributed by atoms with E-state index in [-0.39, 0.29) is 17.9 Å². The fraction of sp³-hybridized carbons (Fsp3) is 0.611. The Labute approximate surface area is 145 Å². The van der Waals surface area contributed by atoms with E-state index >= 15 is 0 Å².